The standard InChI is InChI=1S/C12H10F3N3O3/c1-18(11(19)20-2)8-5-3-7(4-6-8)9-16-10(21-17-9)12(13,14)15/h3-6H,1-2H3. The number of hydrogen-bond acceptors (Lipinski definition) is 5. The third-order valence-corrected chi connectivity index (χ3v) is 2.63. The number of carbonyl (C=O) groups is 1. The van der Waals surface area contributed by atoms with Crippen molar-refractivity contribution in [2.45, 2.75) is 6.18 Å². The average Bonchev–Trinajstić information content (AvgIpc) is 2.95. The molecule has 9 heteroatoms. The summed E-state index contributed by atoms with van der Waals surface area (Å²) in [6, 6.07) is 5.99. The molecule has 0 aliphatic carbocycles. The van der Waals surface area contributed by atoms with Crippen molar-refractivity contribution in [3.05, 3.63) is 30.2 Å². The van der Waals surface area contributed by atoms with Crippen molar-refractivity contribution < 1.29 is 27.2 Å². The molecule has 112 valence electrons. The van der Waals surface area contributed by atoms with Crippen molar-refractivity contribution in [1.82, 2.24) is 10.1 Å². The molecular weight excluding hydrogens is 291 g/mol. The molecule has 2 rings (SSSR count). The van der Waals surface area contributed by atoms with Gasteiger partial charge in [-0.25, -0.2) is 4.79 Å². The van der Waals surface area contributed by atoms with E-state index >= 15 is 0 Å². The second kappa shape index (κ2) is 5.43. The van der Waals surface area contributed by atoms with Gasteiger partial charge < -0.3 is 9.26 Å². The highest BCUT2D eigenvalue weighted by Crippen LogP contribution is 2.29. The average molecular weight is 301 g/mol. The Kier molecular flexibility index (Phi) is 3.83. The van der Waals surface area contributed by atoms with Crippen LogP contribution in [0.15, 0.2) is 28.8 Å². The lowest BCUT2D eigenvalue weighted by Crippen LogP contribution is -2.25. The van der Waals surface area contributed by atoms with E-state index in [0.717, 1.165) is 0 Å². The van der Waals surface area contributed by atoms with Crippen LogP contribution in [0.25, 0.3) is 11.4 Å². The molecule has 0 radical (unpaired) electrons. The molecule has 0 aliphatic rings. The normalized spacial score (nSPS) is 11.3. The van der Waals surface area contributed by atoms with Crippen LogP contribution in [0.4, 0.5) is 23.7 Å². The molecule has 1 heterocycles. The summed E-state index contributed by atoms with van der Waals surface area (Å²) in [5, 5.41) is 3.27. The van der Waals surface area contributed by atoms with Crippen molar-refractivity contribution in [3.63, 3.8) is 0 Å². The number of alkyl halides is 3. The van der Waals surface area contributed by atoms with Crippen LogP contribution in [-0.4, -0.2) is 30.4 Å². The monoisotopic (exact) mass is 301 g/mol. The molecule has 0 aliphatic heterocycles. The van der Waals surface area contributed by atoms with Gasteiger partial charge in [0.05, 0.1) is 7.11 Å². The number of nitrogens with zero attached hydrogens (tertiary/aromatic N) is 3. The van der Waals surface area contributed by atoms with Crippen LogP contribution in [0.3, 0.4) is 0 Å². The molecule has 0 atom stereocenters. The Bertz CT molecular complexity index is 637. The maximum Gasteiger partial charge on any atom is 0.471 e. The first kappa shape index (κ1) is 14.8. The van der Waals surface area contributed by atoms with Crippen molar-refractivity contribution in [1.29, 1.82) is 0 Å². The smallest absolute Gasteiger partial charge is 0.452 e. The van der Waals surface area contributed by atoms with Crippen LogP contribution < -0.4 is 4.90 Å². The Balaban J connectivity index is 2.23. The summed E-state index contributed by atoms with van der Waals surface area (Å²) < 4.78 is 45.8. The van der Waals surface area contributed by atoms with Crippen LogP contribution in [-0.2, 0) is 10.9 Å². The van der Waals surface area contributed by atoms with Gasteiger partial charge in [0.1, 0.15) is 0 Å². The quantitative estimate of drug-likeness (QED) is 0.853. The van der Waals surface area contributed by atoms with E-state index in [1.54, 1.807) is 0 Å². The molecule has 6 nitrogen and oxygen atoms in total. The molecule has 1 amide bonds. The summed E-state index contributed by atoms with van der Waals surface area (Å²) in [7, 11) is 2.74. The Labute approximate surface area is 117 Å². The van der Waals surface area contributed by atoms with Crippen LogP contribution in [0.5, 0.6) is 0 Å². The molecule has 0 spiro atoms. The zero-order valence-corrected chi connectivity index (χ0v) is 11.0. The predicted molar refractivity (Wildman–Crippen MR) is 65.5 cm³/mol. The van der Waals surface area contributed by atoms with Crippen LogP contribution >= 0.6 is 0 Å². The van der Waals surface area contributed by atoms with E-state index in [4.69, 9.17) is 0 Å². The Morgan fingerprint density at radius 3 is 2.38 bits per heavy atom. The fourth-order valence-corrected chi connectivity index (χ4v) is 1.53. The molecular formula is C12H10F3N3O3. The van der Waals surface area contributed by atoms with E-state index in [1.807, 2.05) is 0 Å². The zero-order valence-electron chi connectivity index (χ0n) is 11.0. The predicted octanol–water partition coefficient (Wildman–Crippen LogP) is 2.96. The number of anilines is 1. The van der Waals surface area contributed by atoms with E-state index in [9.17, 15) is 18.0 Å². The fraction of sp³-hybridized carbons (Fsp3) is 0.250. The van der Waals surface area contributed by atoms with Crippen LogP contribution in [0.1, 0.15) is 5.89 Å². The third kappa shape index (κ3) is 3.12. The van der Waals surface area contributed by atoms with Gasteiger partial charge in [0.2, 0.25) is 5.82 Å². The molecule has 0 bridgehead atoms. The summed E-state index contributed by atoms with van der Waals surface area (Å²) >= 11 is 0. The SMILES string of the molecule is COC(=O)N(C)c1ccc(-c2noc(C(F)(F)F)n2)cc1. The van der Waals surface area contributed by atoms with Crippen LogP contribution in [0.2, 0.25) is 0 Å². The number of methoxy groups -OCH3 is 1. The van der Waals surface area contributed by atoms with E-state index < -0.39 is 18.2 Å². The first-order valence-corrected chi connectivity index (χ1v) is 5.66. The number of aromatic nitrogens is 2. The summed E-state index contributed by atoms with van der Waals surface area (Å²) in [5.74, 6) is -1.59. The Morgan fingerprint density at radius 1 is 1.29 bits per heavy atom. The molecule has 1 aromatic heterocycles. The second-order valence-corrected chi connectivity index (χ2v) is 4.00. The highest BCUT2D eigenvalue weighted by molar-refractivity contribution is 5.87. The number of halogens is 3. The molecule has 2 aromatic rings. The molecule has 21 heavy (non-hydrogen) atoms. The Morgan fingerprint density at radius 2 is 1.90 bits per heavy atom. The van der Waals surface area contributed by atoms with E-state index in [0.29, 0.717) is 11.3 Å². The van der Waals surface area contributed by atoms with Crippen LogP contribution in [0, 0.1) is 0 Å². The minimum Gasteiger partial charge on any atom is -0.452 e. The van der Waals surface area contributed by atoms with Crippen molar-refractivity contribution in [2.24, 2.45) is 0 Å². The van der Waals surface area contributed by atoms with Gasteiger partial charge in [0.25, 0.3) is 0 Å². The van der Waals surface area contributed by atoms with Gasteiger partial charge in [0, 0.05) is 18.3 Å². The molecule has 0 saturated carbocycles. The highest BCUT2D eigenvalue weighted by Gasteiger charge is 2.38. The van der Waals surface area contributed by atoms with Crippen molar-refractivity contribution in [2.75, 3.05) is 19.1 Å². The first-order valence-electron chi connectivity index (χ1n) is 5.66. The molecule has 0 N–H and O–H groups in total. The molecule has 0 fully saturated rings. The van der Waals surface area contributed by atoms with Crippen molar-refractivity contribution in [3.8, 4) is 11.4 Å². The summed E-state index contributed by atoms with van der Waals surface area (Å²) in [4.78, 5) is 15.8. The van der Waals surface area contributed by atoms with Crippen molar-refractivity contribution >= 4 is 11.8 Å². The lowest BCUT2D eigenvalue weighted by molar-refractivity contribution is -0.159. The number of rotatable bonds is 2. The highest BCUT2D eigenvalue weighted by atomic mass is 19.4. The van der Waals surface area contributed by atoms with Gasteiger partial charge in [-0.05, 0) is 24.3 Å². The number of amides is 1. The van der Waals surface area contributed by atoms with Gasteiger partial charge >= 0.3 is 18.2 Å². The first-order chi connectivity index (χ1) is 9.82. The van der Waals surface area contributed by atoms with Gasteiger partial charge in [-0.3, -0.25) is 4.90 Å². The van der Waals surface area contributed by atoms with Gasteiger partial charge in [-0.2, -0.15) is 18.2 Å². The number of carbonyl (C=O) groups excluding carboxylic acids is 1. The number of benzene rings is 1. The van der Waals surface area contributed by atoms with Gasteiger partial charge in [0.15, 0.2) is 0 Å². The lowest BCUT2D eigenvalue weighted by atomic mass is 10.2. The summed E-state index contributed by atoms with van der Waals surface area (Å²) in [6.07, 6.45) is -5.25. The number of ether oxygens (including phenoxy) is 1. The minimum absolute atomic E-state index is 0.186. The summed E-state index contributed by atoms with van der Waals surface area (Å²) in [5.41, 5.74) is 0.835. The van der Waals surface area contributed by atoms with E-state index in [-0.39, 0.29) is 5.82 Å². The maximum absolute atomic E-state index is 12.4. The minimum atomic E-state index is -4.68. The molecule has 0 unspecified atom stereocenters. The topological polar surface area (TPSA) is 68.5 Å². The maximum atomic E-state index is 12.4. The van der Waals surface area contributed by atoms with Gasteiger partial charge in [-0.15, -0.1) is 0 Å². The summed E-state index contributed by atoms with van der Waals surface area (Å²) in [6.45, 7) is 0. The largest absolute Gasteiger partial charge is 0.471 e. The van der Waals surface area contributed by atoms with E-state index in [2.05, 4.69) is 19.4 Å². The Hall–Kier alpha value is -2.58. The fourth-order valence-electron chi connectivity index (χ4n) is 1.53. The third-order valence-electron chi connectivity index (χ3n) is 2.63. The zero-order chi connectivity index (χ0) is 15.6. The second-order valence-electron chi connectivity index (χ2n) is 4.00. The number of hydrogen-bond donors (Lipinski definition) is 0. The van der Waals surface area contributed by atoms with E-state index in [1.165, 1.54) is 43.3 Å². The van der Waals surface area contributed by atoms with Gasteiger partial charge in [-0.1, -0.05) is 5.16 Å². The lowest BCUT2D eigenvalue weighted by Gasteiger charge is -2.15. The molecule has 1 aromatic carbocycles. The molecule has 0 saturated heterocycles.